The van der Waals surface area contributed by atoms with E-state index in [2.05, 4.69) is 15.0 Å². The summed E-state index contributed by atoms with van der Waals surface area (Å²) in [6, 6.07) is 7.06. The van der Waals surface area contributed by atoms with E-state index in [9.17, 15) is 0 Å². The summed E-state index contributed by atoms with van der Waals surface area (Å²) >= 11 is 0. The Hall–Kier alpha value is -1.88. The molecule has 72 valence electrons. The molecule has 0 saturated heterocycles. The van der Waals surface area contributed by atoms with Gasteiger partial charge in [0.05, 0.1) is 0 Å². The lowest BCUT2D eigenvalue weighted by Crippen LogP contribution is -2.01. The largest absolute Gasteiger partial charge is 0.421 e. The topological polar surface area (TPSA) is 74.2 Å². The minimum absolute atomic E-state index is 0.492. The van der Waals surface area contributed by atoms with Crippen LogP contribution < -0.4 is 10.7 Å². The third-order valence-electron chi connectivity index (χ3n) is 1.76. The van der Waals surface area contributed by atoms with Gasteiger partial charge in [0.25, 0.3) is 0 Å². The van der Waals surface area contributed by atoms with Gasteiger partial charge in [-0.25, -0.2) is 0 Å². The van der Waals surface area contributed by atoms with Gasteiger partial charge >= 0.3 is 0 Å². The Morgan fingerprint density at radius 2 is 1.93 bits per heavy atom. The number of aryl methyl sites for hydroxylation is 1. The fourth-order valence-electron chi connectivity index (χ4n) is 1.09. The highest BCUT2D eigenvalue weighted by atomic mass is 16.6. The van der Waals surface area contributed by atoms with E-state index in [0.29, 0.717) is 17.5 Å². The van der Waals surface area contributed by atoms with E-state index in [1.165, 1.54) is 0 Å². The highest BCUT2D eigenvalue weighted by Gasteiger charge is 2.05. The molecule has 0 amide bonds. The van der Waals surface area contributed by atoms with Gasteiger partial charge in [-0.1, -0.05) is 0 Å². The smallest absolute Gasteiger partial charge is 0.247 e. The second kappa shape index (κ2) is 3.47. The monoisotopic (exact) mass is 191 g/mol. The van der Waals surface area contributed by atoms with E-state index in [1.54, 1.807) is 31.2 Å². The van der Waals surface area contributed by atoms with Gasteiger partial charge in [-0.2, -0.15) is 5.90 Å². The van der Waals surface area contributed by atoms with E-state index < -0.39 is 0 Å². The Bertz CT molecular complexity index is 422. The molecule has 0 aliphatic rings. The number of nitrogens with zero attached hydrogens (tertiary/aromatic N) is 2. The van der Waals surface area contributed by atoms with Crippen molar-refractivity contribution in [2.24, 2.45) is 5.90 Å². The maximum atomic E-state index is 5.25. The summed E-state index contributed by atoms with van der Waals surface area (Å²) in [4.78, 5) is 4.54. The lowest BCUT2D eigenvalue weighted by Gasteiger charge is -1.97. The average molecular weight is 191 g/mol. The summed E-state index contributed by atoms with van der Waals surface area (Å²) in [5.41, 5.74) is 0.839. The number of hydrogen-bond acceptors (Lipinski definition) is 5. The molecule has 0 unspecified atom stereocenters. The first-order chi connectivity index (χ1) is 6.79. The van der Waals surface area contributed by atoms with Crippen molar-refractivity contribution < 1.29 is 9.25 Å². The molecule has 0 bridgehead atoms. The van der Waals surface area contributed by atoms with Crippen molar-refractivity contribution in [1.29, 1.82) is 0 Å². The van der Waals surface area contributed by atoms with Crippen molar-refractivity contribution in [1.82, 2.24) is 10.2 Å². The SMILES string of the molecule is Cc1nnc(-c2ccc(ON)cc2)o1. The van der Waals surface area contributed by atoms with E-state index in [-0.39, 0.29) is 0 Å². The maximum Gasteiger partial charge on any atom is 0.247 e. The van der Waals surface area contributed by atoms with Gasteiger partial charge in [0.1, 0.15) is 5.75 Å². The number of nitrogens with two attached hydrogens (primary N) is 1. The van der Waals surface area contributed by atoms with Crippen molar-refractivity contribution in [3.8, 4) is 17.2 Å². The fraction of sp³-hybridized carbons (Fsp3) is 0.111. The summed E-state index contributed by atoms with van der Waals surface area (Å²) in [5.74, 6) is 6.61. The second-order valence-electron chi connectivity index (χ2n) is 2.77. The molecular formula is C9H9N3O2. The molecule has 0 atom stereocenters. The van der Waals surface area contributed by atoms with Crippen LogP contribution in [0.2, 0.25) is 0 Å². The summed E-state index contributed by atoms with van der Waals surface area (Å²) in [5, 5.41) is 7.62. The lowest BCUT2D eigenvalue weighted by molar-refractivity contribution is 0.334. The van der Waals surface area contributed by atoms with Crippen LogP contribution in [0.5, 0.6) is 5.75 Å². The van der Waals surface area contributed by atoms with Crippen LogP contribution in [-0.2, 0) is 0 Å². The molecule has 2 aromatic rings. The second-order valence-corrected chi connectivity index (χ2v) is 2.77. The first-order valence-corrected chi connectivity index (χ1v) is 4.07. The number of rotatable bonds is 2. The third kappa shape index (κ3) is 1.57. The standard InChI is InChI=1S/C9H9N3O2/c1-6-11-12-9(13-6)7-2-4-8(14-10)5-3-7/h2-5H,10H2,1H3. The van der Waals surface area contributed by atoms with Crippen molar-refractivity contribution in [2.45, 2.75) is 6.92 Å². The van der Waals surface area contributed by atoms with Crippen LogP contribution in [0.4, 0.5) is 0 Å². The zero-order valence-electron chi connectivity index (χ0n) is 7.60. The van der Waals surface area contributed by atoms with Crippen molar-refractivity contribution in [2.75, 3.05) is 0 Å². The first kappa shape index (κ1) is 8.71. The Balaban J connectivity index is 2.33. The predicted octanol–water partition coefficient (Wildman–Crippen LogP) is 1.30. The molecule has 0 spiro atoms. The van der Waals surface area contributed by atoms with E-state index in [1.807, 2.05) is 0 Å². The predicted molar refractivity (Wildman–Crippen MR) is 49.3 cm³/mol. The third-order valence-corrected chi connectivity index (χ3v) is 1.76. The molecule has 5 nitrogen and oxygen atoms in total. The van der Waals surface area contributed by atoms with Crippen LogP contribution in [-0.4, -0.2) is 10.2 Å². The maximum absolute atomic E-state index is 5.25. The molecule has 2 rings (SSSR count). The van der Waals surface area contributed by atoms with Gasteiger partial charge in [0, 0.05) is 12.5 Å². The number of aromatic nitrogens is 2. The van der Waals surface area contributed by atoms with Crippen LogP contribution in [0.25, 0.3) is 11.5 Å². The normalized spacial score (nSPS) is 10.1. The minimum Gasteiger partial charge on any atom is -0.421 e. The molecule has 1 aromatic carbocycles. The zero-order valence-corrected chi connectivity index (χ0v) is 7.60. The molecule has 0 radical (unpaired) electrons. The van der Waals surface area contributed by atoms with Crippen LogP contribution in [0.15, 0.2) is 28.7 Å². The summed E-state index contributed by atoms with van der Waals surface area (Å²) < 4.78 is 5.25. The Labute approximate surface area is 80.5 Å². The lowest BCUT2D eigenvalue weighted by atomic mass is 10.2. The molecular weight excluding hydrogens is 182 g/mol. The van der Waals surface area contributed by atoms with Gasteiger partial charge in [0.2, 0.25) is 11.8 Å². The van der Waals surface area contributed by atoms with Crippen molar-refractivity contribution in [3.05, 3.63) is 30.2 Å². The molecule has 5 heteroatoms. The molecule has 0 aliphatic carbocycles. The Kier molecular flexibility index (Phi) is 2.16. The van der Waals surface area contributed by atoms with Gasteiger partial charge in [-0.3, -0.25) is 0 Å². The highest BCUT2D eigenvalue weighted by molar-refractivity contribution is 5.53. The molecule has 0 aliphatic heterocycles. The van der Waals surface area contributed by atoms with Crippen molar-refractivity contribution in [3.63, 3.8) is 0 Å². The molecule has 0 saturated carbocycles. The minimum atomic E-state index is 0.492. The van der Waals surface area contributed by atoms with Gasteiger partial charge < -0.3 is 9.25 Å². The van der Waals surface area contributed by atoms with Gasteiger partial charge in [-0.15, -0.1) is 10.2 Å². The highest BCUT2D eigenvalue weighted by Crippen LogP contribution is 2.20. The van der Waals surface area contributed by atoms with E-state index in [4.69, 9.17) is 10.3 Å². The number of benzene rings is 1. The zero-order chi connectivity index (χ0) is 9.97. The van der Waals surface area contributed by atoms with Gasteiger partial charge in [-0.05, 0) is 24.3 Å². The van der Waals surface area contributed by atoms with Gasteiger partial charge in [0.15, 0.2) is 0 Å². The molecule has 14 heavy (non-hydrogen) atoms. The first-order valence-electron chi connectivity index (χ1n) is 4.07. The molecule has 1 aromatic heterocycles. The average Bonchev–Trinajstić information content (AvgIpc) is 2.65. The Morgan fingerprint density at radius 1 is 1.21 bits per heavy atom. The summed E-state index contributed by atoms with van der Waals surface area (Å²) in [6.07, 6.45) is 0. The fourth-order valence-corrected chi connectivity index (χ4v) is 1.09. The van der Waals surface area contributed by atoms with E-state index in [0.717, 1.165) is 5.56 Å². The van der Waals surface area contributed by atoms with Crippen LogP contribution in [0.3, 0.4) is 0 Å². The van der Waals surface area contributed by atoms with Crippen LogP contribution in [0, 0.1) is 6.92 Å². The summed E-state index contributed by atoms with van der Waals surface area (Å²) in [7, 11) is 0. The Morgan fingerprint density at radius 3 is 2.43 bits per heavy atom. The molecule has 0 fully saturated rings. The summed E-state index contributed by atoms with van der Waals surface area (Å²) in [6.45, 7) is 1.74. The number of hydrogen-bond donors (Lipinski definition) is 1. The van der Waals surface area contributed by atoms with Crippen LogP contribution >= 0.6 is 0 Å². The van der Waals surface area contributed by atoms with Crippen LogP contribution in [0.1, 0.15) is 5.89 Å². The quantitative estimate of drug-likeness (QED) is 0.724. The molecule has 2 N–H and O–H groups in total. The van der Waals surface area contributed by atoms with E-state index >= 15 is 0 Å². The molecule has 1 heterocycles. The van der Waals surface area contributed by atoms with Crippen molar-refractivity contribution >= 4 is 0 Å².